The first-order valence-corrected chi connectivity index (χ1v) is 3.44. The molecular weight excluding hydrogens is 318 g/mol. The summed E-state index contributed by atoms with van der Waals surface area (Å²) in [5.41, 5.74) is 0. The predicted octanol–water partition coefficient (Wildman–Crippen LogP) is -1.73. The van der Waals surface area contributed by atoms with Gasteiger partial charge in [-0.25, -0.2) is 0 Å². The standard InChI is InChI=1S/H3O3PS.Pb.2H/c1-4(2,3)5;;;/h(H3,1,2,3,5);;;. The summed E-state index contributed by atoms with van der Waals surface area (Å²) in [6, 6.07) is 0. The zero-order chi connectivity index (χ0) is 4.50. The molecule has 0 aromatic carbocycles. The van der Waals surface area contributed by atoms with Crippen LogP contribution in [-0.2, 0) is 11.8 Å². The fraction of sp³-hybridized carbons (Fsp3) is 0. The molecule has 0 atom stereocenters. The summed E-state index contributed by atoms with van der Waals surface area (Å²) in [5, 5.41) is 0. The fourth-order valence-electron chi connectivity index (χ4n) is 0. The summed E-state index contributed by atoms with van der Waals surface area (Å²) < 4.78 is 0. The first-order chi connectivity index (χ1) is 2.00. The Morgan fingerprint density at radius 2 is 1.17 bits per heavy atom. The maximum atomic E-state index is 7.56. The second kappa shape index (κ2) is 3.45. The second-order valence-corrected chi connectivity index (χ2v) is 3.01. The second-order valence-electron chi connectivity index (χ2n) is 0.513. The van der Waals surface area contributed by atoms with Gasteiger partial charge in [-0.15, -0.1) is 0 Å². The monoisotopic (exact) mass is 324 g/mol. The topological polar surface area (TPSA) is 60.7 Å². The van der Waals surface area contributed by atoms with E-state index in [0.717, 1.165) is 0 Å². The van der Waals surface area contributed by atoms with Crippen molar-refractivity contribution in [3.63, 3.8) is 0 Å². The van der Waals surface area contributed by atoms with Crippen molar-refractivity contribution >= 4 is 45.8 Å². The first-order valence-electron chi connectivity index (χ1n) is 0.783. The molecule has 0 aliphatic carbocycles. The van der Waals surface area contributed by atoms with Crippen LogP contribution in [0, 0.1) is 0 Å². The van der Waals surface area contributed by atoms with Gasteiger partial charge in [0.05, 0.1) is 0 Å². The van der Waals surface area contributed by atoms with Crippen molar-refractivity contribution in [1.82, 2.24) is 0 Å². The molecule has 38 valence electrons. The van der Waals surface area contributed by atoms with Gasteiger partial charge in [-0.1, -0.05) is 0 Å². The van der Waals surface area contributed by atoms with Gasteiger partial charge in [0.25, 0.3) is 0 Å². The van der Waals surface area contributed by atoms with E-state index in [0.29, 0.717) is 0 Å². The van der Waals surface area contributed by atoms with Gasteiger partial charge in [0.1, 0.15) is 0 Å². The summed E-state index contributed by atoms with van der Waals surface area (Å²) in [6.45, 7) is -3.81. The summed E-state index contributed by atoms with van der Waals surface area (Å²) >= 11 is 3.60. The quantitative estimate of drug-likeness (QED) is 0.366. The molecule has 0 unspecified atom stereocenters. The number of rotatable bonds is 0. The molecule has 0 aromatic rings. The Labute approximate surface area is 60.4 Å². The Balaban J connectivity index is 0. The van der Waals surface area contributed by atoms with Crippen LogP contribution in [0.25, 0.3) is 0 Å². The third-order valence-corrected chi connectivity index (χ3v) is 0. The van der Waals surface area contributed by atoms with E-state index in [4.69, 9.17) is 14.7 Å². The number of hydrogen-bond donors (Lipinski definition) is 3. The van der Waals surface area contributed by atoms with E-state index in [9.17, 15) is 0 Å². The first kappa shape index (κ1) is 10.4. The van der Waals surface area contributed by atoms with Crippen LogP contribution in [0.4, 0.5) is 0 Å². The van der Waals surface area contributed by atoms with Crippen molar-refractivity contribution in [2.45, 2.75) is 0 Å². The van der Waals surface area contributed by atoms with Crippen LogP contribution in [0.2, 0.25) is 0 Å². The predicted molar refractivity (Wildman–Crippen MR) is 29.5 cm³/mol. The average molecular weight is 323 g/mol. The molecule has 0 heterocycles. The zero-order valence-corrected chi connectivity index (χ0v) is 10.1. The Kier molecular flexibility index (Phi) is 6.01. The third-order valence-electron chi connectivity index (χ3n) is 0. The molecule has 0 saturated carbocycles. The van der Waals surface area contributed by atoms with Crippen LogP contribution in [0.3, 0.4) is 0 Å². The Morgan fingerprint density at radius 3 is 1.17 bits per heavy atom. The molecule has 0 aromatic heterocycles. The van der Waals surface area contributed by atoms with Crippen LogP contribution in [-0.4, -0.2) is 42.0 Å². The van der Waals surface area contributed by atoms with E-state index in [-0.39, 0.29) is 27.3 Å². The van der Waals surface area contributed by atoms with Crippen molar-refractivity contribution in [2.75, 3.05) is 0 Å². The molecule has 0 spiro atoms. The van der Waals surface area contributed by atoms with E-state index in [1.54, 1.807) is 0 Å². The Bertz CT molecular complexity index is 56.9. The van der Waals surface area contributed by atoms with Gasteiger partial charge in [-0.3, -0.25) is 0 Å². The minimum atomic E-state index is -3.81. The summed E-state index contributed by atoms with van der Waals surface area (Å²) in [4.78, 5) is 22.7. The van der Waals surface area contributed by atoms with Gasteiger partial charge in [-0.05, 0) is 11.8 Å². The van der Waals surface area contributed by atoms with Crippen LogP contribution >= 0.6 is 6.72 Å². The number of hydrogen-bond acceptors (Lipinski definition) is 1. The van der Waals surface area contributed by atoms with Gasteiger partial charge in [-0.2, -0.15) is 0 Å². The third kappa shape index (κ3) is 51.3. The van der Waals surface area contributed by atoms with Crippen molar-refractivity contribution in [2.24, 2.45) is 0 Å². The van der Waals surface area contributed by atoms with E-state index in [1.807, 2.05) is 0 Å². The van der Waals surface area contributed by atoms with Crippen molar-refractivity contribution < 1.29 is 14.7 Å². The van der Waals surface area contributed by atoms with Crippen LogP contribution in [0.15, 0.2) is 0 Å². The average Bonchev–Trinajstić information content (AvgIpc) is 0.722. The van der Waals surface area contributed by atoms with Crippen molar-refractivity contribution in [1.29, 1.82) is 0 Å². The molecular formula is H5O3PPbS. The van der Waals surface area contributed by atoms with E-state index < -0.39 is 6.72 Å². The minimum absolute atomic E-state index is 0. The SMILES string of the molecule is OP(O)(O)=S.[PbH2]. The molecule has 2 radical (unpaired) electrons. The zero-order valence-electron chi connectivity index (χ0n) is 2.90. The molecule has 3 nitrogen and oxygen atoms in total. The molecule has 0 aliphatic rings. The van der Waals surface area contributed by atoms with Gasteiger partial charge in [0, 0.05) is 0 Å². The molecule has 0 saturated heterocycles. The molecule has 0 bridgehead atoms. The molecule has 0 rings (SSSR count). The summed E-state index contributed by atoms with van der Waals surface area (Å²) in [5.74, 6) is 0. The normalized spacial score (nSPS) is 9.83. The van der Waals surface area contributed by atoms with E-state index >= 15 is 0 Å². The molecule has 6 heteroatoms. The van der Waals surface area contributed by atoms with Gasteiger partial charge in [0.2, 0.25) is 0 Å². The van der Waals surface area contributed by atoms with Crippen molar-refractivity contribution in [3.05, 3.63) is 0 Å². The molecule has 6 heavy (non-hydrogen) atoms. The van der Waals surface area contributed by atoms with Crippen LogP contribution in [0.5, 0.6) is 0 Å². The van der Waals surface area contributed by atoms with Gasteiger partial charge >= 0.3 is 34.0 Å². The molecule has 0 amide bonds. The van der Waals surface area contributed by atoms with Crippen LogP contribution in [0.1, 0.15) is 0 Å². The Hall–Kier alpha value is 1.45. The van der Waals surface area contributed by atoms with Crippen LogP contribution < -0.4 is 0 Å². The fourth-order valence-corrected chi connectivity index (χ4v) is 0. The van der Waals surface area contributed by atoms with Gasteiger partial charge < -0.3 is 14.7 Å². The Morgan fingerprint density at radius 1 is 1.17 bits per heavy atom. The summed E-state index contributed by atoms with van der Waals surface area (Å²) in [6.07, 6.45) is 0. The molecule has 3 N–H and O–H groups in total. The van der Waals surface area contributed by atoms with E-state index in [2.05, 4.69) is 11.8 Å². The van der Waals surface area contributed by atoms with Gasteiger partial charge in [0.15, 0.2) is 0 Å². The molecule has 0 fully saturated rings. The maximum absolute atomic E-state index is 7.56. The van der Waals surface area contributed by atoms with Crippen molar-refractivity contribution in [3.8, 4) is 0 Å². The summed E-state index contributed by atoms with van der Waals surface area (Å²) in [7, 11) is 0. The molecule has 0 aliphatic heterocycles. The van der Waals surface area contributed by atoms with E-state index in [1.165, 1.54) is 0 Å².